The molecule has 0 aliphatic carbocycles. The van der Waals surface area contributed by atoms with Gasteiger partial charge in [0, 0.05) is 38.7 Å². The number of hydrogen-bond donors (Lipinski definition) is 2. The van der Waals surface area contributed by atoms with E-state index >= 15 is 0 Å². The summed E-state index contributed by atoms with van der Waals surface area (Å²) in [5.41, 5.74) is 3.41. The number of hydrogen-bond acceptors (Lipinski definition) is 5. The van der Waals surface area contributed by atoms with Gasteiger partial charge in [-0.05, 0) is 50.3 Å². The number of rotatable bonds is 10. The van der Waals surface area contributed by atoms with Crippen LogP contribution in [0.2, 0.25) is 0 Å². The van der Waals surface area contributed by atoms with Crippen molar-refractivity contribution in [1.82, 2.24) is 15.5 Å². The predicted octanol–water partition coefficient (Wildman–Crippen LogP) is 2.97. The Balaban J connectivity index is 1.52. The third-order valence-corrected chi connectivity index (χ3v) is 5.24. The molecule has 32 heavy (non-hydrogen) atoms. The molecule has 174 valence electrons. The topological polar surface area (TPSA) is 67.4 Å². The molecule has 3 rings (SSSR count). The number of nitrogens with zero attached hydrogens (tertiary/aromatic N) is 2. The molecule has 1 fully saturated rings. The molecule has 1 atom stereocenters. The molecule has 0 spiro atoms. The van der Waals surface area contributed by atoms with Gasteiger partial charge in [-0.1, -0.05) is 24.3 Å². The number of aliphatic imine (C=N–C) groups is 1. The van der Waals surface area contributed by atoms with Gasteiger partial charge in [0.2, 0.25) is 0 Å². The molecule has 7 nitrogen and oxygen atoms in total. The molecule has 0 aromatic heterocycles. The second-order valence-corrected chi connectivity index (χ2v) is 8.29. The Morgan fingerprint density at radius 3 is 2.75 bits per heavy atom. The van der Waals surface area contributed by atoms with Gasteiger partial charge in [0.15, 0.2) is 5.96 Å². The first-order valence-electron chi connectivity index (χ1n) is 11.2. The molecule has 7 heteroatoms. The fourth-order valence-electron chi connectivity index (χ4n) is 3.38. The number of ether oxygens (including phenoxy) is 3. The summed E-state index contributed by atoms with van der Waals surface area (Å²) in [4.78, 5) is 6.46. The molecule has 2 N–H and O–H groups in total. The Kier molecular flexibility index (Phi) is 9.19. The van der Waals surface area contributed by atoms with Crippen LogP contribution < -0.4 is 20.1 Å². The van der Waals surface area contributed by atoms with Crippen molar-refractivity contribution in [3.63, 3.8) is 0 Å². The molecule has 1 heterocycles. The zero-order valence-corrected chi connectivity index (χ0v) is 19.7. The predicted molar refractivity (Wildman–Crippen MR) is 129 cm³/mol. The lowest BCUT2D eigenvalue weighted by molar-refractivity contribution is 0.140. The van der Waals surface area contributed by atoms with E-state index in [1.165, 1.54) is 5.56 Å². The maximum Gasteiger partial charge on any atom is 0.191 e. The van der Waals surface area contributed by atoms with Crippen LogP contribution in [0.5, 0.6) is 11.5 Å². The number of guanidine groups is 1. The van der Waals surface area contributed by atoms with Gasteiger partial charge >= 0.3 is 0 Å². The van der Waals surface area contributed by atoms with Crippen LogP contribution in [0.4, 0.5) is 0 Å². The molecule has 1 unspecified atom stereocenters. The van der Waals surface area contributed by atoms with Crippen molar-refractivity contribution in [3.8, 4) is 11.5 Å². The summed E-state index contributed by atoms with van der Waals surface area (Å²) in [5.74, 6) is 2.53. The highest BCUT2D eigenvalue weighted by atomic mass is 16.5. The molecule has 2 aromatic carbocycles. The summed E-state index contributed by atoms with van der Waals surface area (Å²) in [6.45, 7) is 6.33. The fourth-order valence-corrected chi connectivity index (χ4v) is 3.38. The summed E-state index contributed by atoms with van der Waals surface area (Å²) < 4.78 is 17.5. The van der Waals surface area contributed by atoms with Gasteiger partial charge in [0.1, 0.15) is 24.2 Å². The normalized spacial score (nSPS) is 16.3. The van der Waals surface area contributed by atoms with Crippen molar-refractivity contribution < 1.29 is 14.2 Å². The molecule has 2 aromatic rings. The average molecular weight is 441 g/mol. The largest absolute Gasteiger partial charge is 0.492 e. The number of aryl methyl sites for hydroxylation is 1. The first-order chi connectivity index (χ1) is 15.5. The zero-order chi connectivity index (χ0) is 22.8. The Bertz CT molecular complexity index is 879. The van der Waals surface area contributed by atoms with Crippen molar-refractivity contribution in [2.75, 3.05) is 47.5 Å². The second-order valence-electron chi connectivity index (χ2n) is 8.29. The monoisotopic (exact) mass is 440 g/mol. The highest BCUT2D eigenvalue weighted by Gasteiger charge is 2.18. The number of likely N-dealkylation sites (N-methyl/N-ethyl adjacent to an activating group) is 1. The van der Waals surface area contributed by atoms with Crippen molar-refractivity contribution in [3.05, 3.63) is 59.2 Å². The van der Waals surface area contributed by atoms with Crippen molar-refractivity contribution >= 4 is 5.96 Å². The number of benzene rings is 2. The van der Waals surface area contributed by atoms with Gasteiger partial charge in [-0.3, -0.25) is 4.99 Å². The molecular weight excluding hydrogens is 404 g/mol. The van der Waals surface area contributed by atoms with E-state index in [1.54, 1.807) is 7.05 Å². The highest BCUT2D eigenvalue weighted by molar-refractivity contribution is 5.79. The Morgan fingerprint density at radius 1 is 1.16 bits per heavy atom. The van der Waals surface area contributed by atoms with Gasteiger partial charge in [0.25, 0.3) is 0 Å². The quantitative estimate of drug-likeness (QED) is 0.437. The smallest absolute Gasteiger partial charge is 0.191 e. The van der Waals surface area contributed by atoms with E-state index in [0.717, 1.165) is 48.2 Å². The zero-order valence-electron chi connectivity index (χ0n) is 19.7. The van der Waals surface area contributed by atoms with E-state index < -0.39 is 0 Å². The lowest BCUT2D eigenvalue weighted by Gasteiger charge is -2.18. The van der Waals surface area contributed by atoms with Crippen molar-refractivity contribution in [2.24, 2.45) is 4.99 Å². The Hall–Kier alpha value is -2.77. The standard InChI is InChI=1S/C25H36N4O3/c1-19-8-9-21(24(14-19)32-23-10-12-30-18-23)17-28-25(26-2)27-16-20-6-5-7-22(15-20)31-13-11-29(3)4/h5-9,14-15,23H,10-13,16-18H2,1-4H3,(H2,26,27,28). The summed E-state index contributed by atoms with van der Waals surface area (Å²) in [6.07, 6.45) is 1.06. The summed E-state index contributed by atoms with van der Waals surface area (Å²) in [5, 5.41) is 6.77. The highest BCUT2D eigenvalue weighted by Crippen LogP contribution is 2.23. The van der Waals surface area contributed by atoms with Crippen LogP contribution in [0.3, 0.4) is 0 Å². The maximum atomic E-state index is 6.20. The summed E-state index contributed by atoms with van der Waals surface area (Å²) in [6, 6.07) is 14.4. The molecule has 1 saturated heterocycles. The fraction of sp³-hybridized carbons (Fsp3) is 0.480. The minimum atomic E-state index is 0.125. The van der Waals surface area contributed by atoms with Gasteiger partial charge in [-0.15, -0.1) is 0 Å². The summed E-state index contributed by atoms with van der Waals surface area (Å²) >= 11 is 0. The van der Waals surface area contributed by atoms with Crippen molar-refractivity contribution in [2.45, 2.75) is 32.5 Å². The van der Waals surface area contributed by atoms with Gasteiger partial charge in [-0.2, -0.15) is 0 Å². The van der Waals surface area contributed by atoms with E-state index in [0.29, 0.717) is 26.3 Å². The van der Waals surface area contributed by atoms with E-state index in [2.05, 4.69) is 57.8 Å². The lowest BCUT2D eigenvalue weighted by Crippen LogP contribution is -2.36. The van der Waals surface area contributed by atoms with E-state index in [9.17, 15) is 0 Å². The maximum absolute atomic E-state index is 6.20. The number of nitrogens with one attached hydrogen (secondary N) is 2. The van der Waals surface area contributed by atoms with Crippen LogP contribution in [-0.4, -0.2) is 64.5 Å². The van der Waals surface area contributed by atoms with Crippen LogP contribution in [0.25, 0.3) is 0 Å². The second kappa shape index (κ2) is 12.3. The van der Waals surface area contributed by atoms with Crippen LogP contribution in [0, 0.1) is 6.92 Å². The van der Waals surface area contributed by atoms with Gasteiger partial charge in [-0.25, -0.2) is 0 Å². The third-order valence-electron chi connectivity index (χ3n) is 5.24. The van der Waals surface area contributed by atoms with Crippen LogP contribution in [0.15, 0.2) is 47.5 Å². The van der Waals surface area contributed by atoms with E-state index in [1.807, 2.05) is 26.2 Å². The van der Waals surface area contributed by atoms with Crippen LogP contribution >= 0.6 is 0 Å². The Labute approximate surface area is 191 Å². The average Bonchev–Trinajstić information content (AvgIpc) is 3.28. The summed E-state index contributed by atoms with van der Waals surface area (Å²) in [7, 11) is 5.85. The molecule has 0 bridgehead atoms. The lowest BCUT2D eigenvalue weighted by atomic mass is 10.1. The first kappa shape index (κ1) is 23.9. The molecule has 0 amide bonds. The van der Waals surface area contributed by atoms with Gasteiger partial charge in [0.05, 0.1) is 13.2 Å². The van der Waals surface area contributed by atoms with Crippen molar-refractivity contribution in [1.29, 1.82) is 0 Å². The van der Waals surface area contributed by atoms with Crippen LogP contribution in [-0.2, 0) is 17.8 Å². The van der Waals surface area contributed by atoms with Gasteiger partial charge < -0.3 is 29.7 Å². The SMILES string of the molecule is CN=C(NCc1cccc(OCCN(C)C)c1)NCc1ccc(C)cc1OC1CCOC1. The molecule has 0 radical (unpaired) electrons. The minimum Gasteiger partial charge on any atom is -0.492 e. The Morgan fingerprint density at radius 2 is 2.00 bits per heavy atom. The minimum absolute atomic E-state index is 0.125. The molecule has 1 aliphatic rings. The van der Waals surface area contributed by atoms with Crippen LogP contribution in [0.1, 0.15) is 23.1 Å². The third kappa shape index (κ3) is 7.73. The molecular formula is C25H36N4O3. The molecule has 1 aliphatic heterocycles. The van der Waals surface area contributed by atoms with E-state index in [-0.39, 0.29) is 6.10 Å². The first-order valence-corrected chi connectivity index (χ1v) is 11.2. The molecule has 0 saturated carbocycles. The van der Waals surface area contributed by atoms with E-state index in [4.69, 9.17) is 14.2 Å².